The Hall–Kier alpha value is -0.450. The van der Waals surface area contributed by atoms with Crippen molar-refractivity contribution in [3.05, 3.63) is 0 Å². The molecule has 0 aromatic heterocycles. The van der Waals surface area contributed by atoms with Crippen molar-refractivity contribution < 1.29 is 19.0 Å². The van der Waals surface area contributed by atoms with Gasteiger partial charge in [-0.1, -0.05) is 19.3 Å². The molecule has 1 saturated carbocycles. The molecular formula is C15H24O4. The molecule has 3 aliphatic rings. The molecule has 1 aliphatic carbocycles. The van der Waals surface area contributed by atoms with Gasteiger partial charge < -0.3 is 14.2 Å². The van der Waals surface area contributed by atoms with Crippen molar-refractivity contribution in [2.24, 2.45) is 5.92 Å². The third kappa shape index (κ3) is 3.18. The molecule has 0 amide bonds. The van der Waals surface area contributed by atoms with Crippen molar-refractivity contribution >= 4 is 5.78 Å². The minimum atomic E-state index is -0.294. The van der Waals surface area contributed by atoms with Gasteiger partial charge in [-0.15, -0.1) is 0 Å². The number of ether oxygens (including phenoxy) is 3. The highest BCUT2D eigenvalue weighted by Gasteiger charge is 2.41. The summed E-state index contributed by atoms with van der Waals surface area (Å²) in [6.07, 6.45) is 7.98. The lowest BCUT2D eigenvalue weighted by atomic mass is 9.74. The molecule has 2 heterocycles. The third-order valence-electron chi connectivity index (χ3n) is 4.77. The normalized spacial score (nSPS) is 31.7. The van der Waals surface area contributed by atoms with Crippen molar-refractivity contribution in [3.8, 4) is 0 Å². The molecule has 0 N–H and O–H groups in total. The average Bonchev–Trinajstić information content (AvgIpc) is 2.92. The molecule has 3 rings (SSSR count). The zero-order chi connectivity index (χ0) is 13.1. The van der Waals surface area contributed by atoms with Crippen LogP contribution in [0.4, 0.5) is 0 Å². The summed E-state index contributed by atoms with van der Waals surface area (Å²) in [5, 5.41) is 0. The maximum Gasteiger partial charge on any atom is 0.164 e. The molecule has 0 aromatic carbocycles. The predicted octanol–water partition coefficient (Wildman–Crippen LogP) is 2.45. The van der Waals surface area contributed by atoms with Crippen LogP contribution in [0.3, 0.4) is 0 Å². The smallest absolute Gasteiger partial charge is 0.164 e. The molecule has 2 saturated heterocycles. The highest BCUT2D eigenvalue weighted by molar-refractivity contribution is 5.81. The van der Waals surface area contributed by atoms with E-state index in [1.54, 1.807) is 0 Å². The Morgan fingerprint density at radius 3 is 2.53 bits per heavy atom. The van der Waals surface area contributed by atoms with Gasteiger partial charge >= 0.3 is 0 Å². The van der Waals surface area contributed by atoms with Crippen LogP contribution in [0.15, 0.2) is 0 Å². The van der Waals surface area contributed by atoms with Crippen LogP contribution in [0, 0.1) is 5.92 Å². The molecule has 0 bridgehead atoms. The second kappa shape index (κ2) is 5.90. The maximum absolute atomic E-state index is 12.4. The van der Waals surface area contributed by atoms with Gasteiger partial charge in [0.25, 0.3) is 0 Å². The number of hydrogen-bond donors (Lipinski definition) is 0. The molecule has 4 nitrogen and oxygen atoms in total. The van der Waals surface area contributed by atoms with Crippen LogP contribution in [0.1, 0.15) is 51.4 Å². The van der Waals surface area contributed by atoms with Crippen LogP contribution in [-0.4, -0.2) is 37.5 Å². The number of rotatable bonds is 3. The number of hydrogen-bond acceptors (Lipinski definition) is 4. The van der Waals surface area contributed by atoms with Crippen LogP contribution in [0.5, 0.6) is 0 Å². The van der Waals surface area contributed by atoms with Crippen molar-refractivity contribution in [1.82, 2.24) is 0 Å². The highest BCUT2D eigenvalue weighted by atomic mass is 16.7. The number of ketones is 1. The Morgan fingerprint density at radius 1 is 1.05 bits per heavy atom. The van der Waals surface area contributed by atoms with E-state index in [0.29, 0.717) is 25.4 Å². The summed E-state index contributed by atoms with van der Waals surface area (Å²) < 4.78 is 16.8. The fourth-order valence-electron chi connectivity index (χ4n) is 3.70. The molecular weight excluding hydrogens is 244 g/mol. The molecule has 0 aromatic rings. The van der Waals surface area contributed by atoms with Gasteiger partial charge in [0.05, 0.1) is 25.2 Å². The first-order valence-corrected chi connectivity index (χ1v) is 7.67. The van der Waals surface area contributed by atoms with Gasteiger partial charge in [-0.2, -0.15) is 0 Å². The van der Waals surface area contributed by atoms with Crippen molar-refractivity contribution in [1.29, 1.82) is 0 Å². The van der Waals surface area contributed by atoms with E-state index in [2.05, 4.69) is 0 Å². The molecule has 1 unspecified atom stereocenters. The summed E-state index contributed by atoms with van der Waals surface area (Å²) in [5.74, 6) is 0.458. The Labute approximate surface area is 114 Å². The zero-order valence-electron chi connectivity index (χ0n) is 11.6. The van der Waals surface area contributed by atoms with Crippen LogP contribution >= 0.6 is 0 Å². The minimum absolute atomic E-state index is 0.00815. The fraction of sp³-hybridized carbons (Fsp3) is 0.933. The Morgan fingerprint density at radius 2 is 1.79 bits per heavy atom. The van der Waals surface area contributed by atoms with E-state index in [1.165, 1.54) is 19.3 Å². The van der Waals surface area contributed by atoms with E-state index < -0.39 is 0 Å². The molecule has 19 heavy (non-hydrogen) atoms. The summed E-state index contributed by atoms with van der Waals surface area (Å²) in [4.78, 5) is 12.4. The molecule has 1 atom stereocenters. The van der Waals surface area contributed by atoms with E-state index in [-0.39, 0.29) is 17.8 Å². The molecule has 0 radical (unpaired) electrons. The molecule has 4 heteroatoms. The third-order valence-corrected chi connectivity index (χ3v) is 4.77. The van der Waals surface area contributed by atoms with Crippen molar-refractivity contribution in [3.63, 3.8) is 0 Å². The lowest BCUT2D eigenvalue weighted by Gasteiger charge is -2.43. The average molecular weight is 268 g/mol. The van der Waals surface area contributed by atoms with Crippen LogP contribution in [0.25, 0.3) is 0 Å². The van der Waals surface area contributed by atoms with Crippen LogP contribution < -0.4 is 0 Å². The predicted molar refractivity (Wildman–Crippen MR) is 69.8 cm³/mol. The fourth-order valence-corrected chi connectivity index (χ4v) is 3.70. The van der Waals surface area contributed by atoms with Crippen molar-refractivity contribution in [2.45, 2.75) is 63.3 Å². The molecule has 2 aliphatic heterocycles. The van der Waals surface area contributed by atoms with E-state index in [1.807, 2.05) is 0 Å². The van der Waals surface area contributed by atoms with Crippen LogP contribution in [0.2, 0.25) is 0 Å². The summed E-state index contributed by atoms with van der Waals surface area (Å²) in [6, 6.07) is 0. The SMILES string of the molecule is O=C(CC1OCCO1)C1CCOC2(CCCCC2)C1. The summed E-state index contributed by atoms with van der Waals surface area (Å²) in [7, 11) is 0. The van der Waals surface area contributed by atoms with Crippen molar-refractivity contribution in [2.75, 3.05) is 19.8 Å². The first-order valence-electron chi connectivity index (χ1n) is 7.67. The largest absolute Gasteiger partial charge is 0.375 e. The van der Waals surface area contributed by atoms with E-state index >= 15 is 0 Å². The second-order valence-corrected chi connectivity index (χ2v) is 6.12. The van der Waals surface area contributed by atoms with Crippen LogP contribution in [-0.2, 0) is 19.0 Å². The van der Waals surface area contributed by atoms with E-state index in [4.69, 9.17) is 14.2 Å². The second-order valence-electron chi connectivity index (χ2n) is 6.12. The van der Waals surface area contributed by atoms with Gasteiger partial charge in [0.15, 0.2) is 6.29 Å². The number of carbonyl (C=O) groups excluding carboxylic acids is 1. The van der Waals surface area contributed by atoms with E-state index in [9.17, 15) is 4.79 Å². The van der Waals surface area contributed by atoms with Gasteiger partial charge in [0.2, 0.25) is 0 Å². The zero-order valence-corrected chi connectivity index (χ0v) is 11.6. The molecule has 3 fully saturated rings. The van der Waals surface area contributed by atoms with Gasteiger partial charge in [-0.3, -0.25) is 4.79 Å². The van der Waals surface area contributed by atoms with Gasteiger partial charge in [0.1, 0.15) is 5.78 Å². The van der Waals surface area contributed by atoms with Gasteiger partial charge in [-0.05, 0) is 25.7 Å². The maximum atomic E-state index is 12.4. The quantitative estimate of drug-likeness (QED) is 0.788. The monoisotopic (exact) mass is 268 g/mol. The van der Waals surface area contributed by atoms with Gasteiger partial charge in [-0.25, -0.2) is 0 Å². The standard InChI is InChI=1S/C15H24O4/c16-13(10-14-17-8-9-18-14)12-4-7-19-15(11-12)5-2-1-3-6-15/h12,14H,1-11H2. The lowest BCUT2D eigenvalue weighted by molar-refractivity contribution is -0.148. The number of Topliss-reactive ketones (excluding diaryl/α,β-unsaturated/α-hetero) is 1. The van der Waals surface area contributed by atoms with E-state index in [0.717, 1.165) is 32.3 Å². The Kier molecular flexibility index (Phi) is 4.20. The number of carbonyl (C=O) groups is 1. The molecule has 1 spiro atoms. The first kappa shape index (κ1) is 13.5. The minimum Gasteiger partial charge on any atom is -0.375 e. The first-order chi connectivity index (χ1) is 9.27. The molecule has 108 valence electrons. The Bertz CT molecular complexity index is 311. The summed E-state index contributed by atoms with van der Waals surface area (Å²) >= 11 is 0. The topological polar surface area (TPSA) is 44.8 Å². The lowest BCUT2D eigenvalue weighted by Crippen LogP contribution is -2.43. The summed E-state index contributed by atoms with van der Waals surface area (Å²) in [6.45, 7) is 1.98. The van der Waals surface area contributed by atoms with Gasteiger partial charge in [0, 0.05) is 12.5 Å². The highest BCUT2D eigenvalue weighted by Crippen LogP contribution is 2.41. The summed E-state index contributed by atoms with van der Waals surface area (Å²) in [5.41, 5.74) is 0.00815. The Balaban J connectivity index is 1.56.